The SMILES string of the molecule is CC(C)(C)c1ccc(CC(O)C(C)(C)C)cc1. The van der Waals surface area contributed by atoms with Gasteiger partial charge in [0.05, 0.1) is 6.10 Å². The van der Waals surface area contributed by atoms with Crippen LogP contribution in [0.5, 0.6) is 0 Å². The molecule has 1 aromatic carbocycles. The summed E-state index contributed by atoms with van der Waals surface area (Å²) in [6.07, 6.45) is 0.441. The van der Waals surface area contributed by atoms with E-state index < -0.39 is 0 Å². The van der Waals surface area contributed by atoms with Crippen LogP contribution >= 0.6 is 0 Å². The van der Waals surface area contributed by atoms with Crippen molar-refractivity contribution in [2.45, 2.75) is 59.5 Å². The van der Waals surface area contributed by atoms with Gasteiger partial charge in [-0.15, -0.1) is 0 Å². The molecule has 1 unspecified atom stereocenters. The van der Waals surface area contributed by atoms with Crippen LogP contribution < -0.4 is 0 Å². The molecule has 0 fully saturated rings. The number of benzene rings is 1. The molecular formula is C16H26O. The van der Waals surface area contributed by atoms with Crippen molar-refractivity contribution in [1.82, 2.24) is 0 Å². The molecule has 0 aliphatic rings. The molecule has 0 radical (unpaired) electrons. The Morgan fingerprint density at radius 2 is 1.41 bits per heavy atom. The Kier molecular flexibility index (Phi) is 4.03. The van der Waals surface area contributed by atoms with Gasteiger partial charge in [0, 0.05) is 0 Å². The van der Waals surface area contributed by atoms with E-state index in [-0.39, 0.29) is 16.9 Å². The normalized spacial score (nSPS) is 14.8. The minimum Gasteiger partial charge on any atom is -0.392 e. The Bertz CT molecular complexity index is 349. The van der Waals surface area contributed by atoms with Crippen LogP contribution in [0.2, 0.25) is 0 Å². The highest BCUT2D eigenvalue weighted by atomic mass is 16.3. The fourth-order valence-electron chi connectivity index (χ4n) is 1.67. The van der Waals surface area contributed by atoms with E-state index in [1.165, 1.54) is 11.1 Å². The lowest BCUT2D eigenvalue weighted by Crippen LogP contribution is -2.28. The number of aliphatic hydroxyl groups excluding tert-OH is 1. The molecule has 1 heteroatoms. The maximum Gasteiger partial charge on any atom is 0.0628 e. The minimum absolute atomic E-state index is 0.0529. The Balaban J connectivity index is 2.76. The van der Waals surface area contributed by atoms with Crippen molar-refractivity contribution >= 4 is 0 Å². The van der Waals surface area contributed by atoms with Crippen LogP contribution in [-0.2, 0) is 11.8 Å². The average Bonchev–Trinajstić information content (AvgIpc) is 2.15. The van der Waals surface area contributed by atoms with Crippen LogP contribution in [0, 0.1) is 5.41 Å². The molecule has 0 saturated heterocycles. The summed E-state index contributed by atoms with van der Waals surface area (Å²) in [4.78, 5) is 0. The second kappa shape index (κ2) is 4.81. The van der Waals surface area contributed by atoms with Crippen molar-refractivity contribution in [2.24, 2.45) is 5.41 Å². The molecule has 1 nitrogen and oxygen atoms in total. The number of hydrogen-bond acceptors (Lipinski definition) is 1. The van der Waals surface area contributed by atoms with Crippen LogP contribution in [-0.4, -0.2) is 11.2 Å². The molecule has 0 spiro atoms. The zero-order valence-electron chi connectivity index (χ0n) is 12.0. The first-order valence-corrected chi connectivity index (χ1v) is 6.38. The van der Waals surface area contributed by atoms with E-state index in [1.54, 1.807) is 0 Å². The Morgan fingerprint density at radius 1 is 0.941 bits per heavy atom. The van der Waals surface area contributed by atoms with E-state index >= 15 is 0 Å². The topological polar surface area (TPSA) is 20.2 Å². The summed E-state index contributed by atoms with van der Waals surface area (Å²) in [6, 6.07) is 8.61. The monoisotopic (exact) mass is 234 g/mol. The van der Waals surface area contributed by atoms with Gasteiger partial charge in [0.15, 0.2) is 0 Å². The third-order valence-electron chi connectivity index (χ3n) is 3.25. The van der Waals surface area contributed by atoms with Gasteiger partial charge in [0.2, 0.25) is 0 Å². The van der Waals surface area contributed by atoms with E-state index in [1.807, 2.05) is 0 Å². The minimum atomic E-state index is -0.289. The fourth-order valence-corrected chi connectivity index (χ4v) is 1.67. The van der Waals surface area contributed by atoms with Crippen molar-refractivity contribution in [1.29, 1.82) is 0 Å². The van der Waals surface area contributed by atoms with E-state index in [4.69, 9.17) is 0 Å². The lowest BCUT2D eigenvalue weighted by Gasteiger charge is -2.26. The Morgan fingerprint density at radius 3 is 1.76 bits per heavy atom. The van der Waals surface area contributed by atoms with Gasteiger partial charge in [-0.25, -0.2) is 0 Å². The van der Waals surface area contributed by atoms with Crippen LogP contribution in [0.15, 0.2) is 24.3 Å². The first-order valence-electron chi connectivity index (χ1n) is 6.38. The van der Waals surface area contributed by atoms with Gasteiger partial charge in [-0.1, -0.05) is 65.8 Å². The molecule has 1 rings (SSSR count). The van der Waals surface area contributed by atoms with Gasteiger partial charge >= 0.3 is 0 Å². The summed E-state index contributed by atoms with van der Waals surface area (Å²) in [5.74, 6) is 0. The summed E-state index contributed by atoms with van der Waals surface area (Å²) >= 11 is 0. The van der Waals surface area contributed by atoms with Crippen LogP contribution in [0.1, 0.15) is 52.7 Å². The molecule has 0 aliphatic carbocycles. The average molecular weight is 234 g/mol. The lowest BCUT2D eigenvalue weighted by molar-refractivity contribution is 0.0636. The highest BCUT2D eigenvalue weighted by molar-refractivity contribution is 5.27. The Labute approximate surface area is 106 Å². The zero-order valence-corrected chi connectivity index (χ0v) is 12.0. The highest BCUT2D eigenvalue weighted by Crippen LogP contribution is 2.25. The molecule has 0 amide bonds. The predicted octanol–water partition coefficient (Wildman–Crippen LogP) is 3.93. The van der Waals surface area contributed by atoms with Gasteiger partial charge < -0.3 is 5.11 Å². The molecule has 0 saturated carbocycles. The van der Waals surface area contributed by atoms with Crippen molar-refractivity contribution in [3.63, 3.8) is 0 Å². The maximum absolute atomic E-state index is 10.1. The second-order valence-electron chi connectivity index (χ2n) is 7.03. The highest BCUT2D eigenvalue weighted by Gasteiger charge is 2.22. The molecule has 1 N–H and O–H groups in total. The standard InChI is InChI=1S/C16H26O/c1-15(2,3)13-9-7-12(8-10-13)11-14(17)16(4,5)6/h7-10,14,17H,11H2,1-6H3. The third-order valence-corrected chi connectivity index (χ3v) is 3.25. The summed E-state index contributed by atoms with van der Waals surface area (Å²) in [5.41, 5.74) is 2.69. The first-order chi connectivity index (χ1) is 7.60. The largest absolute Gasteiger partial charge is 0.392 e. The van der Waals surface area contributed by atoms with Gasteiger partial charge in [-0.2, -0.15) is 0 Å². The predicted molar refractivity (Wildman–Crippen MR) is 74.3 cm³/mol. The third kappa shape index (κ3) is 4.16. The first kappa shape index (κ1) is 14.2. The van der Waals surface area contributed by atoms with Crippen LogP contribution in [0.25, 0.3) is 0 Å². The molecule has 96 valence electrons. The molecule has 1 atom stereocenters. The van der Waals surface area contributed by atoms with Crippen molar-refractivity contribution in [2.75, 3.05) is 0 Å². The van der Waals surface area contributed by atoms with Crippen LogP contribution in [0.3, 0.4) is 0 Å². The van der Waals surface area contributed by atoms with Crippen molar-refractivity contribution in [3.05, 3.63) is 35.4 Å². The molecule has 0 aliphatic heterocycles. The number of rotatable bonds is 2. The second-order valence-corrected chi connectivity index (χ2v) is 7.03. The lowest BCUT2D eigenvalue weighted by atomic mass is 9.83. The molecule has 17 heavy (non-hydrogen) atoms. The summed E-state index contributed by atoms with van der Waals surface area (Å²) in [7, 11) is 0. The van der Waals surface area contributed by atoms with E-state index in [2.05, 4.69) is 65.8 Å². The Hall–Kier alpha value is -0.820. The summed E-state index contributed by atoms with van der Waals surface area (Å²) in [6.45, 7) is 12.9. The maximum atomic E-state index is 10.1. The molecule has 0 aromatic heterocycles. The molecule has 0 bridgehead atoms. The van der Waals surface area contributed by atoms with Crippen molar-refractivity contribution in [3.8, 4) is 0 Å². The van der Waals surface area contributed by atoms with Gasteiger partial charge in [-0.05, 0) is 28.4 Å². The van der Waals surface area contributed by atoms with Crippen LogP contribution in [0.4, 0.5) is 0 Å². The molecule has 1 aromatic rings. The smallest absolute Gasteiger partial charge is 0.0628 e. The molecule has 0 heterocycles. The number of hydrogen-bond donors (Lipinski definition) is 1. The van der Waals surface area contributed by atoms with Gasteiger partial charge in [0.25, 0.3) is 0 Å². The molecular weight excluding hydrogens is 208 g/mol. The fraction of sp³-hybridized carbons (Fsp3) is 0.625. The van der Waals surface area contributed by atoms with E-state index in [9.17, 15) is 5.11 Å². The van der Waals surface area contributed by atoms with Gasteiger partial charge in [0.1, 0.15) is 0 Å². The zero-order chi connectivity index (χ0) is 13.3. The number of aliphatic hydroxyl groups is 1. The summed E-state index contributed by atoms with van der Waals surface area (Å²) in [5, 5.41) is 10.1. The van der Waals surface area contributed by atoms with E-state index in [0.29, 0.717) is 0 Å². The van der Waals surface area contributed by atoms with E-state index in [0.717, 1.165) is 6.42 Å². The van der Waals surface area contributed by atoms with Crippen molar-refractivity contribution < 1.29 is 5.11 Å². The quantitative estimate of drug-likeness (QED) is 0.822. The van der Waals surface area contributed by atoms with Gasteiger partial charge in [-0.3, -0.25) is 0 Å². The summed E-state index contributed by atoms with van der Waals surface area (Å²) < 4.78 is 0.